The lowest BCUT2D eigenvalue weighted by molar-refractivity contribution is -0.128. The van der Waals surface area contributed by atoms with Gasteiger partial charge in [0, 0.05) is 44.3 Å². The highest BCUT2D eigenvalue weighted by atomic mass is 35.5. The summed E-state index contributed by atoms with van der Waals surface area (Å²) in [6.45, 7) is 8.44. The quantitative estimate of drug-likeness (QED) is 0.519. The van der Waals surface area contributed by atoms with Gasteiger partial charge in [-0.3, -0.25) is 9.69 Å². The summed E-state index contributed by atoms with van der Waals surface area (Å²) in [5, 5.41) is 7.42. The lowest BCUT2D eigenvalue weighted by atomic mass is 10.0. The van der Waals surface area contributed by atoms with Gasteiger partial charge >= 0.3 is 0 Å². The standard InChI is InChI=1S/C21H32ClN5O2/c1-2-23-21(25-16-20(28)27-9-5-6-10-27)24-15-19(26-11-13-29-14-12-26)17-7-3-4-8-18(17)22/h3-4,7-8,19H,2,5-6,9-16H2,1H3,(H2,23,24,25). The maximum absolute atomic E-state index is 12.3. The van der Waals surface area contributed by atoms with Crippen molar-refractivity contribution in [2.24, 2.45) is 4.99 Å². The van der Waals surface area contributed by atoms with Crippen LogP contribution in [0.4, 0.5) is 0 Å². The van der Waals surface area contributed by atoms with Gasteiger partial charge in [-0.15, -0.1) is 0 Å². The van der Waals surface area contributed by atoms with Gasteiger partial charge in [0.2, 0.25) is 5.91 Å². The molecule has 160 valence electrons. The zero-order valence-electron chi connectivity index (χ0n) is 17.2. The predicted molar refractivity (Wildman–Crippen MR) is 116 cm³/mol. The number of ether oxygens (including phenoxy) is 1. The van der Waals surface area contributed by atoms with Crippen molar-refractivity contribution in [3.8, 4) is 0 Å². The van der Waals surface area contributed by atoms with Crippen LogP contribution in [0.25, 0.3) is 0 Å². The van der Waals surface area contributed by atoms with Crippen LogP contribution in [0, 0.1) is 0 Å². The fourth-order valence-electron chi connectivity index (χ4n) is 3.82. The van der Waals surface area contributed by atoms with E-state index in [0.717, 1.165) is 69.4 Å². The van der Waals surface area contributed by atoms with Gasteiger partial charge in [0.05, 0.1) is 19.3 Å². The highest BCUT2D eigenvalue weighted by Crippen LogP contribution is 2.27. The molecule has 1 atom stereocenters. The average Bonchev–Trinajstić information content (AvgIpc) is 3.29. The number of nitrogens with one attached hydrogen (secondary N) is 2. The predicted octanol–water partition coefficient (Wildman–Crippen LogP) is 1.89. The first-order chi connectivity index (χ1) is 14.2. The van der Waals surface area contributed by atoms with E-state index in [-0.39, 0.29) is 18.5 Å². The lowest BCUT2D eigenvalue weighted by Gasteiger charge is -2.35. The Morgan fingerprint density at radius 3 is 2.59 bits per heavy atom. The van der Waals surface area contributed by atoms with Crippen LogP contribution >= 0.6 is 11.6 Å². The molecule has 0 radical (unpaired) electrons. The van der Waals surface area contributed by atoms with E-state index in [2.05, 4.69) is 26.6 Å². The molecule has 8 heteroatoms. The zero-order valence-corrected chi connectivity index (χ0v) is 18.0. The smallest absolute Gasteiger partial charge is 0.244 e. The van der Waals surface area contributed by atoms with Crippen molar-refractivity contribution in [2.45, 2.75) is 25.8 Å². The van der Waals surface area contributed by atoms with Gasteiger partial charge < -0.3 is 20.3 Å². The molecule has 2 heterocycles. The summed E-state index contributed by atoms with van der Waals surface area (Å²) < 4.78 is 5.52. The number of likely N-dealkylation sites (tertiary alicyclic amines) is 1. The molecular weight excluding hydrogens is 390 g/mol. The first-order valence-corrected chi connectivity index (χ1v) is 10.9. The monoisotopic (exact) mass is 421 g/mol. The number of morpholine rings is 1. The van der Waals surface area contributed by atoms with Crippen LogP contribution < -0.4 is 10.6 Å². The Morgan fingerprint density at radius 2 is 1.90 bits per heavy atom. The number of guanidine groups is 1. The maximum atomic E-state index is 12.3. The summed E-state index contributed by atoms with van der Waals surface area (Å²) in [6, 6.07) is 8.07. The van der Waals surface area contributed by atoms with Crippen molar-refractivity contribution < 1.29 is 9.53 Å². The van der Waals surface area contributed by atoms with E-state index >= 15 is 0 Å². The molecule has 1 aromatic rings. The molecular formula is C21H32ClN5O2. The van der Waals surface area contributed by atoms with Crippen molar-refractivity contribution in [2.75, 3.05) is 59.0 Å². The maximum Gasteiger partial charge on any atom is 0.244 e. The van der Waals surface area contributed by atoms with E-state index in [9.17, 15) is 4.79 Å². The molecule has 0 aromatic heterocycles. The first kappa shape index (κ1) is 21.9. The van der Waals surface area contributed by atoms with E-state index < -0.39 is 0 Å². The van der Waals surface area contributed by atoms with E-state index in [1.807, 2.05) is 30.0 Å². The fraction of sp³-hybridized carbons (Fsp3) is 0.619. The average molecular weight is 422 g/mol. The third-order valence-corrected chi connectivity index (χ3v) is 5.73. The number of rotatable bonds is 7. The molecule has 1 aromatic carbocycles. The number of carbonyl (C=O) groups is 1. The first-order valence-electron chi connectivity index (χ1n) is 10.5. The number of nitrogens with zero attached hydrogens (tertiary/aromatic N) is 3. The zero-order chi connectivity index (χ0) is 20.5. The van der Waals surface area contributed by atoms with Gasteiger partial charge in [-0.05, 0) is 31.4 Å². The Labute approximate surface area is 178 Å². The van der Waals surface area contributed by atoms with Crippen LogP contribution in [0.1, 0.15) is 31.4 Å². The minimum atomic E-state index is 0.0931. The Hall–Kier alpha value is -1.83. The Balaban J connectivity index is 1.67. The second-order valence-electron chi connectivity index (χ2n) is 7.35. The molecule has 29 heavy (non-hydrogen) atoms. The summed E-state index contributed by atoms with van der Waals surface area (Å²) in [6.07, 6.45) is 2.18. The van der Waals surface area contributed by atoms with Crippen molar-refractivity contribution in [3.63, 3.8) is 0 Å². The molecule has 2 N–H and O–H groups in total. The largest absolute Gasteiger partial charge is 0.379 e. The molecule has 2 saturated heterocycles. The van der Waals surface area contributed by atoms with Crippen LogP contribution in [0.5, 0.6) is 0 Å². The van der Waals surface area contributed by atoms with Gasteiger partial charge in [0.15, 0.2) is 5.96 Å². The molecule has 3 rings (SSSR count). The number of amides is 1. The summed E-state index contributed by atoms with van der Waals surface area (Å²) in [7, 11) is 0. The number of halogens is 1. The number of benzene rings is 1. The second-order valence-corrected chi connectivity index (χ2v) is 7.76. The van der Waals surface area contributed by atoms with E-state index in [0.29, 0.717) is 12.5 Å². The van der Waals surface area contributed by atoms with Gasteiger partial charge in [0.25, 0.3) is 0 Å². The highest BCUT2D eigenvalue weighted by Gasteiger charge is 2.24. The van der Waals surface area contributed by atoms with Crippen LogP contribution in [0.3, 0.4) is 0 Å². The molecule has 0 spiro atoms. The lowest BCUT2D eigenvalue weighted by Crippen LogP contribution is -2.46. The van der Waals surface area contributed by atoms with Crippen LogP contribution in [-0.4, -0.2) is 80.7 Å². The second kappa shape index (κ2) is 11.4. The minimum Gasteiger partial charge on any atom is -0.379 e. The van der Waals surface area contributed by atoms with Crippen LogP contribution in [-0.2, 0) is 9.53 Å². The minimum absolute atomic E-state index is 0.0931. The van der Waals surface area contributed by atoms with Gasteiger partial charge in [0.1, 0.15) is 6.54 Å². The molecule has 0 aliphatic carbocycles. The van der Waals surface area contributed by atoms with Crippen molar-refractivity contribution in [1.82, 2.24) is 20.4 Å². The highest BCUT2D eigenvalue weighted by molar-refractivity contribution is 6.31. The van der Waals surface area contributed by atoms with E-state index in [4.69, 9.17) is 16.3 Å². The number of hydrogen-bond donors (Lipinski definition) is 2. The van der Waals surface area contributed by atoms with Crippen molar-refractivity contribution in [1.29, 1.82) is 0 Å². The summed E-state index contributed by atoms with van der Waals surface area (Å²) >= 11 is 6.51. The third-order valence-electron chi connectivity index (χ3n) is 5.39. The molecule has 2 fully saturated rings. The number of aliphatic imine (C=N–C) groups is 1. The molecule has 1 unspecified atom stereocenters. The van der Waals surface area contributed by atoms with Crippen LogP contribution in [0.15, 0.2) is 29.3 Å². The van der Waals surface area contributed by atoms with Crippen molar-refractivity contribution in [3.05, 3.63) is 34.9 Å². The SMILES string of the molecule is CCNC(=NCC(=O)N1CCCC1)NCC(c1ccccc1Cl)N1CCOCC1. The third kappa shape index (κ3) is 6.32. The number of hydrogen-bond acceptors (Lipinski definition) is 4. The van der Waals surface area contributed by atoms with Gasteiger partial charge in [-0.25, -0.2) is 4.99 Å². The molecule has 1 amide bonds. The topological polar surface area (TPSA) is 69.2 Å². The van der Waals surface area contributed by atoms with E-state index in [1.165, 1.54) is 0 Å². The number of carbonyl (C=O) groups excluding carboxylic acids is 1. The summed E-state index contributed by atoms with van der Waals surface area (Å²) in [4.78, 5) is 21.1. The Morgan fingerprint density at radius 1 is 1.17 bits per heavy atom. The van der Waals surface area contributed by atoms with Gasteiger partial charge in [-0.2, -0.15) is 0 Å². The Bertz CT molecular complexity index is 687. The molecule has 2 aliphatic heterocycles. The normalized spacial score (nSPS) is 19.2. The van der Waals surface area contributed by atoms with E-state index in [1.54, 1.807) is 0 Å². The van der Waals surface area contributed by atoms with Crippen LogP contribution in [0.2, 0.25) is 5.02 Å². The van der Waals surface area contributed by atoms with Gasteiger partial charge in [-0.1, -0.05) is 29.8 Å². The summed E-state index contributed by atoms with van der Waals surface area (Å²) in [5.74, 6) is 0.751. The summed E-state index contributed by atoms with van der Waals surface area (Å²) in [5.41, 5.74) is 1.09. The fourth-order valence-corrected chi connectivity index (χ4v) is 4.08. The molecule has 0 saturated carbocycles. The Kier molecular flexibility index (Phi) is 8.58. The molecule has 0 bridgehead atoms. The molecule has 2 aliphatic rings. The molecule has 7 nitrogen and oxygen atoms in total. The van der Waals surface area contributed by atoms with Crippen molar-refractivity contribution >= 4 is 23.5 Å².